The average molecular weight is 265 g/mol. The smallest absolute Gasteiger partial charge is 0.336 e. The predicted molar refractivity (Wildman–Crippen MR) is 75.0 cm³/mol. The van der Waals surface area contributed by atoms with E-state index in [2.05, 4.69) is 15.8 Å². The van der Waals surface area contributed by atoms with Crippen LogP contribution in [0.3, 0.4) is 0 Å². The van der Waals surface area contributed by atoms with Gasteiger partial charge in [-0.3, -0.25) is 5.43 Å². The third-order valence-corrected chi connectivity index (χ3v) is 2.19. The number of hydrazone groups is 1. The molecular weight excluding hydrogens is 250 g/mol. The lowest BCUT2D eigenvalue weighted by Crippen LogP contribution is -2.36. The normalized spacial score (nSPS) is 10.6. The zero-order valence-electron chi connectivity index (χ0n) is 10.2. The molecule has 0 unspecified atom stereocenters. The van der Waals surface area contributed by atoms with Gasteiger partial charge in [0, 0.05) is 11.6 Å². The molecule has 0 radical (unpaired) electrons. The molecule has 5 nitrogen and oxygen atoms in total. The number of carboxylic acids is 1. The quantitative estimate of drug-likeness (QED) is 0.438. The van der Waals surface area contributed by atoms with Gasteiger partial charge in [0.15, 0.2) is 5.11 Å². The summed E-state index contributed by atoms with van der Waals surface area (Å²) in [5.74, 6) is -0.986. The molecule has 0 spiro atoms. The number of nitrogens with one attached hydrogen (secondary N) is 2. The molecule has 1 rings (SSSR count). The van der Waals surface area contributed by atoms with Crippen LogP contribution in [0.15, 0.2) is 29.4 Å². The Labute approximate surface area is 111 Å². The van der Waals surface area contributed by atoms with Gasteiger partial charge in [-0.1, -0.05) is 18.2 Å². The molecule has 0 aromatic heterocycles. The van der Waals surface area contributed by atoms with E-state index in [1.807, 2.05) is 13.8 Å². The van der Waals surface area contributed by atoms with Crippen molar-refractivity contribution in [2.75, 3.05) is 0 Å². The highest BCUT2D eigenvalue weighted by molar-refractivity contribution is 7.80. The number of aromatic carboxylic acids is 1. The van der Waals surface area contributed by atoms with Gasteiger partial charge in [-0.15, -0.1) is 0 Å². The minimum atomic E-state index is -0.986. The average Bonchev–Trinajstić information content (AvgIpc) is 2.28. The van der Waals surface area contributed by atoms with Crippen LogP contribution in [0.5, 0.6) is 0 Å². The molecule has 0 aliphatic heterocycles. The number of nitrogens with zero attached hydrogens (tertiary/aromatic N) is 1. The van der Waals surface area contributed by atoms with Crippen LogP contribution in [0.4, 0.5) is 0 Å². The monoisotopic (exact) mass is 265 g/mol. The zero-order chi connectivity index (χ0) is 13.5. The topological polar surface area (TPSA) is 73.7 Å². The molecule has 0 atom stereocenters. The molecule has 1 aromatic rings. The Balaban J connectivity index is 2.68. The van der Waals surface area contributed by atoms with Crippen LogP contribution >= 0.6 is 12.2 Å². The van der Waals surface area contributed by atoms with E-state index in [0.29, 0.717) is 10.7 Å². The van der Waals surface area contributed by atoms with Gasteiger partial charge in [-0.05, 0) is 32.1 Å². The van der Waals surface area contributed by atoms with E-state index < -0.39 is 5.97 Å². The highest BCUT2D eigenvalue weighted by atomic mass is 32.1. The summed E-state index contributed by atoms with van der Waals surface area (Å²) in [5.41, 5.74) is 3.34. The lowest BCUT2D eigenvalue weighted by molar-refractivity contribution is 0.0697. The van der Waals surface area contributed by atoms with Crippen molar-refractivity contribution in [1.29, 1.82) is 0 Å². The molecule has 0 saturated carbocycles. The maximum Gasteiger partial charge on any atom is 0.336 e. The van der Waals surface area contributed by atoms with Gasteiger partial charge in [-0.25, -0.2) is 4.79 Å². The fourth-order valence-corrected chi connectivity index (χ4v) is 1.55. The van der Waals surface area contributed by atoms with Gasteiger partial charge in [0.1, 0.15) is 0 Å². The van der Waals surface area contributed by atoms with Crippen LogP contribution in [0.1, 0.15) is 29.8 Å². The molecule has 0 fully saturated rings. The molecule has 6 heteroatoms. The fourth-order valence-electron chi connectivity index (χ4n) is 1.26. The van der Waals surface area contributed by atoms with Crippen molar-refractivity contribution in [3.8, 4) is 0 Å². The Kier molecular flexibility index (Phi) is 5.26. The van der Waals surface area contributed by atoms with Crippen molar-refractivity contribution in [1.82, 2.24) is 10.7 Å². The summed E-state index contributed by atoms with van der Waals surface area (Å²) in [4.78, 5) is 10.9. The lowest BCUT2D eigenvalue weighted by atomic mass is 10.1. The van der Waals surface area contributed by atoms with E-state index in [9.17, 15) is 4.79 Å². The number of benzene rings is 1. The van der Waals surface area contributed by atoms with E-state index in [1.165, 1.54) is 12.3 Å². The van der Waals surface area contributed by atoms with Crippen molar-refractivity contribution in [3.05, 3.63) is 35.4 Å². The Morgan fingerprint density at radius 3 is 2.72 bits per heavy atom. The Morgan fingerprint density at radius 2 is 2.11 bits per heavy atom. The maximum atomic E-state index is 10.9. The largest absolute Gasteiger partial charge is 0.478 e. The van der Waals surface area contributed by atoms with Crippen molar-refractivity contribution in [2.45, 2.75) is 19.9 Å². The zero-order valence-corrected chi connectivity index (χ0v) is 11.0. The number of carboxylic acid groups (broad SMARTS) is 1. The summed E-state index contributed by atoms with van der Waals surface area (Å²) >= 11 is 4.98. The molecule has 0 heterocycles. The van der Waals surface area contributed by atoms with E-state index in [0.717, 1.165) is 0 Å². The third-order valence-electron chi connectivity index (χ3n) is 1.98. The molecule has 3 N–H and O–H groups in total. The Bertz CT molecular complexity index is 472. The fraction of sp³-hybridized carbons (Fsp3) is 0.250. The number of hydrogen-bond donors (Lipinski definition) is 3. The second-order valence-corrected chi connectivity index (χ2v) is 4.30. The lowest BCUT2D eigenvalue weighted by Gasteiger charge is -2.09. The third kappa shape index (κ3) is 4.50. The maximum absolute atomic E-state index is 10.9. The molecule has 0 aliphatic rings. The van der Waals surface area contributed by atoms with E-state index in [1.54, 1.807) is 18.2 Å². The first-order valence-electron chi connectivity index (χ1n) is 5.42. The highest BCUT2D eigenvalue weighted by Crippen LogP contribution is 2.05. The molecule has 18 heavy (non-hydrogen) atoms. The molecule has 96 valence electrons. The minimum Gasteiger partial charge on any atom is -0.478 e. The second-order valence-electron chi connectivity index (χ2n) is 3.89. The van der Waals surface area contributed by atoms with Gasteiger partial charge < -0.3 is 10.4 Å². The van der Waals surface area contributed by atoms with Crippen molar-refractivity contribution < 1.29 is 9.90 Å². The summed E-state index contributed by atoms with van der Waals surface area (Å²) in [5, 5.41) is 16.2. The van der Waals surface area contributed by atoms with E-state index in [4.69, 9.17) is 17.3 Å². The standard InChI is InChI=1S/C12H15N3O2S/c1-8(2)14-12(18)15-13-7-9-5-3-4-6-10(9)11(16)17/h3-8H,1-2H3,(H,16,17)(H2,14,15,18)/b13-7-. The molecule has 0 saturated heterocycles. The summed E-state index contributed by atoms with van der Waals surface area (Å²) in [7, 11) is 0. The van der Waals surface area contributed by atoms with Crippen LogP contribution in [-0.4, -0.2) is 28.4 Å². The molecule has 0 bridgehead atoms. The Hall–Kier alpha value is -1.95. The van der Waals surface area contributed by atoms with Crippen molar-refractivity contribution >= 4 is 29.5 Å². The highest BCUT2D eigenvalue weighted by Gasteiger charge is 2.06. The summed E-state index contributed by atoms with van der Waals surface area (Å²) in [6, 6.07) is 6.83. The number of carbonyl (C=O) groups is 1. The summed E-state index contributed by atoms with van der Waals surface area (Å²) in [6.45, 7) is 3.91. The van der Waals surface area contributed by atoms with E-state index in [-0.39, 0.29) is 11.6 Å². The number of rotatable bonds is 4. The molecule has 1 aromatic carbocycles. The van der Waals surface area contributed by atoms with Crippen LogP contribution in [-0.2, 0) is 0 Å². The first-order valence-corrected chi connectivity index (χ1v) is 5.83. The summed E-state index contributed by atoms with van der Waals surface area (Å²) in [6.07, 6.45) is 1.43. The minimum absolute atomic E-state index is 0.200. The summed E-state index contributed by atoms with van der Waals surface area (Å²) < 4.78 is 0. The van der Waals surface area contributed by atoms with Crippen LogP contribution in [0.25, 0.3) is 0 Å². The van der Waals surface area contributed by atoms with Gasteiger partial charge in [0.25, 0.3) is 0 Å². The molecule has 0 amide bonds. The van der Waals surface area contributed by atoms with Crippen molar-refractivity contribution in [3.63, 3.8) is 0 Å². The van der Waals surface area contributed by atoms with Crippen molar-refractivity contribution in [2.24, 2.45) is 5.10 Å². The van der Waals surface area contributed by atoms with Gasteiger partial charge >= 0.3 is 5.97 Å². The van der Waals surface area contributed by atoms with Crippen LogP contribution in [0.2, 0.25) is 0 Å². The SMILES string of the molecule is CC(C)NC(=S)N/N=C\c1ccccc1C(=O)O. The van der Waals surface area contributed by atoms with Crippen LogP contribution < -0.4 is 10.7 Å². The van der Waals surface area contributed by atoms with Gasteiger partial charge in [0.2, 0.25) is 0 Å². The first-order chi connectivity index (χ1) is 8.50. The van der Waals surface area contributed by atoms with E-state index >= 15 is 0 Å². The number of thiocarbonyl (C=S) groups is 1. The van der Waals surface area contributed by atoms with Gasteiger partial charge in [-0.2, -0.15) is 5.10 Å². The number of hydrogen-bond acceptors (Lipinski definition) is 3. The second kappa shape index (κ2) is 6.70. The first kappa shape index (κ1) is 14.1. The Morgan fingerprint density at radius 1 is 1.44 bits per heavy atom. The molecular formula is C12H15N3O2S. The van der Waals surface area contributed by atoms with Gasteiger partial charge in [0.05, 0.1) is 11.8 Å². The van der Waals surface area contributed by atoms with Crippen LogP contribution in [0, 0.1) is 0 Å². The molecule has 0 aliphatic carbocycles. The predicted octanol–water partition coefficient (Wildman–Crippen LogP) is 1.59.